The second-order valence-electron chi connectivity index (χ2n) is 12.2. The van der Waals surface area contributed by atoms with Gasteiger partial charge in [0, 0.05) is 52.9 Å². The van der Waals surface area contributed by atoms with Crippen molar-refractivity contribution in [1.82, 2.24) is 9.21 Å². The van der Waals surface area contributed by atoms with E-state index in [1.807, 2.05) is 0 Å². The van der Waals surface area contributed by atoms with Gasteiger partial charge in [-0.3, -0.25) is 19.7 Å². The van der Waals surface area contributed by atoms with E-state index >= 15 is 0 Å². The molecule has 0 unspecified atom stereocenters. The number of fused-ring (bicyclic) bond motifs is 1. The van der Waals surface area contributed by atoms with Gasteiger partial charge in [0.2, 0.25) is 21.8 Å². The minimum atomic E-state index is -4.35. The molecule has 0 radical (unpaired) electrons. The van der Waals surface area contributed by atoms with E-state index in [1.54, 1.807) is 66.9 Å². The van der Waals surface area contributed by atoms with Crippen molar-refractivity contribution in [3.05, 3.63) is 52.6 Å². The van der Waals surface area contributed by atoms with Gasteiger partial charge in [0.25, 0.3) is 5.69 Å². The van der Waals surface area contributed by atoms with E-state index in [-0.39, 0.29) is 44.5 Å². The highest BCUT2D eigenvalue weighted by atomic mass is 32.2. The summed E-state index contributed by atoms with van der Waals surface area (Å²) in [6.07, 6.45) is -0.455. The van der Waals surface area contributed by atoms with Crippen molar-refractivity contribution in [2.45, 2.75) is 51.5 Å². The lowest BCUT2D eigenvalue weighted by Gasteiger charge is -2.27. The predicted molar refractivity (Wildman–Crippen MR) is 168 cm³/mol. The van der Waals surface area contributed by atoms with Crippen LogP contribution in [0.4, 0.5) is 21.9 Å². The second kappa shape index (κ2) is 13.4. The third-order valence-corrected chi connectivity index (χ3v) is 9.18. The maximum absolute atomic E-state index is 13.7. The molecule has 14 nitrogen and oxygen atoms in total. The largest absolute Gasteiger partial charge is 0.493 e. The van der Waals surface area contributed by atoms with E-state index in [9.17, 15) is 32.9 Å². The van der Waals surface area contributed by atoms with Crippen LogP contribution in [0.15, 0.2) is 47.4 Å². The number of benzene rings is 2. The van der Waals surface area contributed by atoms with Crippen LogP contribution in [0, 0.1) is 15.5 Å². The molecule has 1 aliphatic rings. The number of rotatable bonds is 11. The second-order valence-corrected chi connectivity index (χ2v) is 14.1. The predicted octanol–water partition coefficient (Wildman–Crippen LogP) is 3.89. The highest BCUT2D eigenvalue weighted by Crippen LogP contribution is 2.39. The number of nitro benzene ring substituents is 1. The van der Waals surface area contributed by atoms with Crippen molar-refractivity contribution in [2.75, 3.05) is 57.2 Å². The molecule has 0 saturated carbocycles. The molecule has 0 aromatic heterocycles. The first kappa shape index (κ1) is 35.2. The Morgan fingerprint density at radius 3 is 2.18 bits per heavy atom. The number of carbonyl (C=O) groups excluding carboxylic acids is 3. The van der Waals surface area contributed by atoms with E-state index in [2.05, 4.69) is 0 Å². The van der Waals surface area contributed by atoms with Crippen LogP contribution in [0.3, 0.4) is 0 Å². The van der Waals surface area contributed by atoms with Crippen LogP contribution in [-0.2, 0) is 24.3 Å². The summed E-state index contributed by atoms with van der Waals surface area (Å²) in [6, 6.07) is 10.0. The fourth-order valence-electron chi connectivity index (χ4n) is 4.74. The van der Waals surface area contributed by atoms with Gasteiger partial charge in [-0.2, -0.15) is 4.31 Å². The number of sulfonamides is 1. The van der Waals surface area contributed by atoms with Gasteiger partial charge in [0.15, 0.2) is 4.90 Å². The van der Waals surface area contributed by atoms with Gasteiger partial charge in [-0.25, -0.2) is 13.2 Å². The number of anilines is 2. The molecule has 1 heterocycles. The van der Waals surface area contributed by atoms with E-state index in [1.165, 1.54) is 39.9 Å². The summed E-state index contributed by atoms with van der Waals surface area (Å²) in [7, 11) is 0.298. The molecule has 0 spiro atoms. The third kappa shape index (κ3) is 7.89. The first-order valence-corrected chi connectivity index (χ1v) is 15.7. The van der Waals surface area contributed by atoms with Crippen LogP contribution in [0.25, 0.3) is 0 Å². The standard InChI is InChI=1S/C30H41N5O9S/c1-29(2,3)44-28(38)31(6)17-18-34(45(41,42)25-13-10-9-12-23(25)35(39)40)16-11-19-43-21-14-15-22-24(20-21)33(8)27(37)30(4,5)26(36)32(22)7/h9-10,12-15,20H,11,16-19H2,1-8H3. The fraction of sp³-hybridized carbons (Fsp3) is 0.500. The molecule has 3 amide bonds. The molecule has 3 rings (SSSR count). The summed E-state index contributed by atoms with van der Waals surface area (Å²) in [5.41, 5.74) is -1.56. The van der Waals surface area contributed by atoms with Crippen LogP contribution >= 0.6 is 0 Å². The topological polar surface area (TPSA) is 160 Å². The monoisotopic (exact) mass is 647 g/mol. The molecule has 0 bridgehead atoms. The molecule has 2 aromatic carbocycles. The smallest absolute Gasteiger partial charge is 0.410 e. The van der Waals surface area contributed by atoms with Crippen molar-refractivity contribution in [1.29, 1.82) is 0 Å². The minimum absolute atomic E-state index is 0.0383. The van der Waals surface area contributed by atoms with Crippen molar-refractivity contribution < 1.29 is 37.2 Å². The molecule has 0 atom stereocenters. The maximum atomic E-state index is 13.7. The van der Waals surface area contributed by atoms with Crippen molar-refractivity contribution >= 4 is 45.0 Å². The number of hydrogen-bond donors (Lipinski definition) is 0. The van der Waals surface area contributed by atoms with Crippen LogP contribution in [0.2, 0.25) is 0 Å². The van der Waals surface area contributed by atoms with Gasteiger partial charge in [-0.05, 0) is 59.2 Å². The van der Waals surface area contributed by atoms with E-state index in [0.717, 1.165) is 10.4 Å². The van der Waals surface area contributed by atoms with Gasteiger partial charge in [-0.15, -0.1) is 0 Å². The Morgan fingerprint density at radius 1 is 0.978 bits per heavy atom. The SMILES string of the molecule is CN(CCN(CCCOc1ccc2c(c1)N(C)C(=O)C(C)(C)C(=O)N2C)S(=O)(=O)c1ccccc1[N+](=O)[O-])C(=O)OC(C)(C)C. The van der Waals surface area contributed by atoms with E-state index in [0.29, 0.717) is 17.1 Å². The minimum Gasteiger partial charge on any atom is -0.493 e. The van der Waals surface area contributed by atoms with E-state index in [4.69, 9.17) is 9.47 Å². The molecular formula is C30H41N5O9S. The first-order valence-electron chi connectivity index (χ1n) is 14.3. The van der Waals surface area contributed by atoms with Gasteiger partial charge >= 0.3 is 6.09 Å². The van der Waals surface area contributed by atoms with Crippen molar-refractivity contribution in [3.63, 3.8) is 0 Å². The highest BCUT2D eigenvalue weighted by Gasteiger charge is 2.44. The lowest BCUT2D eigenvalue weighted by Crippen LogP contribution is -2.46. The molecule has 0 saturated heterocycles. The number of nitro groups is 1. The lowest BCUT2D eigenvalue weighted by atomic mass is 9.90. The zero-order valence-electron chi connectivity index (χ0n) is 26.9. The van der Waals surface area contributed by atoms with Crippen LogP contribution < -0.4 is 14.5 Å². The Hall–Kier alpha value is -4.24. The fourth-order valence-corrected chi connectivity index (χ4v) is 6.36. The molecule has 2 aromatic rings. The Kier molecular flexibility index (Phi) is 10.5. The zero-order chi connectivity index (χ0) is 33.9. The molecule has 246 valence electrons. The summed E-state index contributed by atoms with van der Waals surface area (Å²) >= 11 is 0. The Bertz CT molecular complexity index is 1570. The average molecular weight is 648 g/mol. The molecule has 0 N–H and O–H groups in total. The number of hydrogen-bond acceptors (Lipinski definition) is 9. The van der Waals surface area contributed by atoms with E-state index < -0.39 is 42.6 Å². The van der Waals surface area contributed by atoms with Crippen LogP contribution in [-0.4, -0.2) is 93.4 Å². The number of amides is 3. The first-order chi connectivity index (χ1) is 20.8. The number of ether oxygens (including phenoxy) is 2. The molecule has 15 heteroatoms. The summed E-state index contributed by atoms with van der Waals surface area (Å²) in [6.45, 7) is 8.06. The third-order valence-electron chi connectivity index (χ3n) is 7.24. The van der Waals surface area contributed by atoms with Crippen molar-refractivity contribution in [3.8, 4) is 5.75 Å². The van der Waals surface area contributed by atoms with Crippen LogP contribution in [0.5, 0.6) is 5.75 Å². The van der Waals surface area contributed by atoms with Gasteiger partial charge in [-0.1, -0.05) is 12.1 Å². The Balaban J connectivity index is 1.79. The van der Waals surface area contributed by atoms with Gasteiger partial charge < -0.3 is 24.2 Å². The Morgan fingerprint density at radius 2 is 1.58 bits per heavy atom. The normalized spacial score (nSPS) is 15.0. The van der Waals surface area contributed by atoms with Crippen molar-refractivity contribution in [2.24, 2.45) is 5.41 Å². The average Bonchev–Trinajstić information content (AvgIpc) is 3.01. The highest BCUT2D eigenvalue weighted by molar-refractivity contribution is 7.89. The number of para-hydroxylation sites is 1. The maximum Gasteiger partial charge on any atom is 0.410 e. The number of carbonyl (C=O) groups is 3. The summed E-state index contributed by atoms with van der Waals surface area (Å²) in [5.74, 6) is -0.321. The summed E-state index contributed by atoms with van der Waals surface area (Å²) in [4.78, 5) is 52.9. The van der Waals surface area contributed by atoms with Gasteiger partial charge in [0.05, 0.1) is 22.9 Å². The molecule has 1 aliphatic heterocycles. The molecule has 0 aliphatic carbocycles. The molecular weight excluding hydrogens is 606 g/mol. The Labute approximate surface area is 263 Å². The quantitative estimate of drug-likeness (QED) is 0.153. The van der Waals surface area contributed by atoms with Gasteiger partial charge in [0.1, 0.15) is 16.8 Å². The number of likely N-dealkylation sites (N-methyl/N-ethyl adjacent to an activating group) is 1. The van der Waals surface area contributed by atoms with Crippen LogP contribution in [0.1, 0.15) is 41.0 Å². The summed E-state index contributed by atoms with van der Waals surface area (Å²) in [5, 5.41) is 11.6. The molecule has 0 fully saturated rings. The zero-order valence-corrected chi connectivity index (χ0v) is 27.7. The summed E-state index contributed by atoms with van der Waals surface area (Å²) < 4.78 is 39.7. The lowest BCUT2D eigenvalue weighted by molar-refractivity contribution is -0.387. The number of nitrogens with zero attached hydrogens (tertiary/aromatic N) is 5. The molecule has 45 heavy (non-hydrogen) atoms.